The van der Waals surface area contributed by atoms with E-state index in [9.17, 15) is 4.79 Å². The Balaban J connectivity index is 1.88. The van der Waals surface area contributed by atoms with E-state index in [1.165, 1.54) is 0 Å². The molecular weight excluding hydrogens is 220 g/mol. The van der Waals surface area contributed by atoms with E-state index in [1.54, 1.807) is 18.3 Å². The van der Waals surface area contributed by atoms with E-state index in [-0.39, 0.29) is 5.56 Å². The van der Waals surface area contributed by atoms with Gasteiger partial charge in [0.1, 0.15) is 11.4 Å². The molecule has 1 aromatic rings. The largest absolute Gasteiger partial charge is 0.478 e. The van der Waals surface area contributed by atoms with Gasteiger partial charge < -0.3 is 14.7 Å². The molecule has 0 aromatic carbocycles. The number of hydrogen-bond acceptors (Lipinski definition) is 4. The second-order valence-electron chi connectivity index (χ2n) is 4.64. The molecule has 2 aliphatic rings. The number of carboxylic acid groups (broad SMARTS) is 1. The fourth-order valence-corrected chi connectivity index (χ4v) is 2.68. The number of carboxylic acids is 1. The van der Waals surface area contributed by atoms with E-state index >= 15 is 0 Å². The van der Waals surface area contributed by atoms with Gasteiger partial charge in [-0.05, 0) is 12.1 Å². The van der Waals surface area contributed by atoms with Crippen molar-refractivity contribution in [1.29, 1.82) is 0 Å². The van der Waals surface area contributed by atoms with Gasteiger partial charge in [0.25, 0.3) is 0 Å². The third-order valence-electron chi connectivity index (χ3n) is 3.56. The Morgan fingerprint density at radius 2 is 2.12 bits per heavy atom. The molecule has 3 rings (SSSR count). The summed E-state index contributed by atoms with van der Waals surface area (Å²) in [6.45, 7) is 3.27. The van der Waals surface area contributed by atoms with Crippen molar-refractivity contribution in [3.63, 3.8) is 0 Å². The summed E-state index contributed by atoms with van der Waals surface area (Å²) in [5.41, 5.74) is 0.286. The Bertz CT molecular complexity index is 437. The third kappa shape index (κ3) is 1.76. The molecule has 5 heteroatoms. The zero-order chi connectivity index (χ0) is 11.8. The van der Waals surface area contributed by atoms with E-state index in [2.05, 4.69) is 9.88 Å². The first-order valence-electron chi connectivity index (χ1n) is 5.76. The molecule has 5 nitrogen and oxygen atoms in total. The first kappa shape index (κ1) is 10.5. The number of ether oxygens (including phenoxy) is 1. The highest BCUT2D eigenvalue weighted by Crippen LogP contribution is 2.32. The summed E-state index contributed by atoms with van der Waals surface area (Å²) in [5, 5.41) is 9.14. The third-order valence-corrected chi connectivity index (χ3v) is 3.56. The standard InChI is InChI=1S/C12H14N2O3/c15-12(16)10-2-1-3-13-11(10)14-4-8-6-17-7-9(8)5-14/h1-3,8-9H,4-7H2,(H,15,16)/t8-,9-/m0/s1. The topological polar surface area (TPSA) is 62.7 Å². The maximum Gasteiger partial charge on any atom is 0.339 e. The Hall–Kier alpha value is -1.62. The monoisotopic (exact) mass is 234 g/mol. The van der Waals surface area contributed by atoms with Gasteiger partial charge in [0.2, 0.25) is 0 Å². The summed E-state index contributed by atoms with van der Waals surface area (Å²) in [6, 6.07) is 3.27. The minimum atomic E-state index is -0.915. The minimum Gasteiger partial charge on any atom is -0.478 e. The molecule has 0 unspecified atom stereocenters. The molecule has 3 heterocycles. The smallest absolute Gasteiger partial charge is 0.339 e. The SMILES string of the molecule is O=C(O)c1cccnc1N1C[C@H]2COC[C@@H]2C1. The van der Waals surface area contributed by atoms with Crippen LogP contribution in [0.25, 0.3) is 0 Å². The van der Waals surface area contributed by atoms with Crippen LogP contribution in [0.3, 0.4) is 0 Å². The maximum absolute atomic E-state index is 11.1. The lowest BCUT2D eigenvalue weighted by molar-refractivity contribution is 0.0697. The molecule has 0 amide bonds. The number of rotatable bonds is 2. The zero-order valence-electron chi connectivity index (χ0n) is 9.37. The molecular formula is C12H14N2O3. The Kier molecular flexibility index (Phi) is 2.48. The first-order chi connectivity index (χ1) is 8.25. The number of carbonyl (C=O) groups is 1. The fourth-order valence-electron chi connectivity index (χ4n) is 2.68. The number of aromatic carboxylic acids is 1. The molecule has 90 valence electrons. The van der Waals surface area contributed by atoms with Crippen LogP contribution < -0.4 is 4.90 Å². The van der Waals surface area contributed by atoms with E-state index in [1.807, 2.05) is 0 Å². The molecule has 2 saturated heterocycles. The van der Waals surface area contributed by atoms with Crippen molar-refractivity contribution >= 4 is 11.8 Å². The lowest BCUT2D eigenvalue weighted by atomic mass is 10.0. The van der Waals surface area contributed by atoms with Gasteiger partial charge in [0.05, 0.1) is 13.2 Å². The molecule has 17 heavy (non-hydrogen) atoms. The highest BCUT2D eigenvalue weighted by atomic mass is 16.5. The molecule has 2 aliphatic heterocycles. The molecule has 0 radical (unpaired) electrons. The number of aromatic nitrogens is 1. The van der Waals surface area contributed by atoms with Crippen molar-refractivity contribution in [1.82, 2.24) is 4.98 Å². The first-order valence-corrected chi connectivity index (χ1v) is 5.76. The molecule has 0 aliphatic carbocycles. The van der Waals surface area contributed by atoms with Crippen LogP contribution in [0.15, 0.2) is 18.3 Å². The average Bonchev–Trinajstić information content (AvgIpc) is 2.88. The number of hydrogen-bond donors (Lipinski definition) is 1. The van der Waals surface area contributed by atoms with Gasteiger partial charge in [0.15, 0.2) is 0 Å². The molecule has 1 aromatic heterocycles. The van der Waals surface area contributed by atoms with Crippen LogP contribution in [0.1, 0.15) is 10.4 Å². The van der Waals surface area contributed by atoms with Crippen LogP contribution in [-0.4, -0.2) is 42.4 Å². The fraction of sp³-hybridized carbons (Fsp3) is 0.500. The second-order valence-corrected chi connectivity index (χ2v) is 4.64. The summed E-state index contributed by atoms with van der Waals surface area (Å²) >= 11 is 0. The van der Waals surface area contributed by atoms with Crippen LogP contribution in [0.4, 0.5) is 5.82 Å². The number of fused-ring (bicyclic) bond motifs is 1. The lowest BCUT2D eigenvalue weighted by Gasteiger charge is -2.19. The minimum absolute atomic E-state index is 0.286. The maximum atomic E-state index is 11.1. The van der Waals surface area contributed by atoms with E-state index in [0.717, 1.165) is 26.3 Å². The van der Waals surface area contributed by atoms with Crippen molar-refractivity contribution in [3.05, 3.63) is 23.9 Å². The van der Waals surface area contributed by atoms with Gasteiger partial charge in [-0.2, -0.15) is 0 Å². The van der Waals surface area contributed by atoms with E-state index < -0.39 is 5.97 Å². The van der Waals surface area contributed by atoms with Gasteiger partial charge >= 0.3 is 5.97 Å². The normalized spacial score (nSPS) is 27.2. The summed E-state index contributed by atoms with van der Waals surface area (Å²) in [7, 11) is 0. The predicted molar refractivity (Wildman–Crippen MR) is 61.2 cm³/mol. The highest BCUT2D eigenvalue weighted by molar-refractivity contribution is 5.93. The van der Waals surface area contributed by atoms with Crippen LogP contribution in [0, 0.1) is 11.8 Å². The Labute approximate surface area is 99.0 Å². The Morgan fingerprint density at radius 1 is 1.41 bits per heavy atom. The van der Waals surface area contributed by atoms with Gasteiger partial charge in [0, 0.05) is 31.1 Å². The van der Waals surface area contributed by atoms with Crippen LogP contribution >= 0.6 is 0 Å². The van der Waals surface area contributed by atoms with Crippen LogP contribution in [0.5, 0.6) is 0 Å². The summed E-state index contributed by atoms with van der Waals surface area (Å²) in [6.07, 6.45) is 1.65. The zero-order valence-corrected chi connectivity index (χ0v) is 9.37. The predicted octanol–water partition coefficient (Wildman–Crippen LogP) is 0.862. The van der Waals surface area contributed by atoms with Crippen molar-refractivity contribution in [2.24, 2.45) is 11.8 Å². The van der Waals surface area contributed by atoms with E-state index in [4.69, 9.17) is 9.84 Å². The second kappa shape index (κ2) is 4.00. The quantitative estimate of drug-likeness (QED) is 0.822. The van der Waals surface area contributed by atoms with Crippen molar-refractivity contribution in [2.45, 2.75) is 0 Å². The lowest BCUT2D eigenvalue weighted by Crippen LogP contribution is -2.25. The molecule has 0 bridgehead atoms. The molecule has 2 atom stereocenters. The molecule has 2 fully saturated rings. The summed E-state index contributed by atoms with van der Waals surface area (Å²) in [5.74, 6) is 0.730. The number of anilines is 1. The van der Waals surface area contributed by atoms with Crippen molar-refractivity contribution in [3.8, 4) is 0 Å². The summed E-state index contributed by atoms with van der Waals surface area (Å²) in [4.78, 5) is 17.4. The van der Waals surface area contributed by atoms with Gasteiger partial charge in [-0.1, -0.05) is 0 Å². The van der Waals surface area contributed by atoms with Crippen molar-refractivity contribution in [2.75, 3.05) is 31.2 Å². The van der Waals surface area contributed by atoms with E-state index in [0.29, 0.717) is 17.7 Å². The molecule has 0 saturated carbocycles. The highest BCUT2D eigenvalue weighted by Gasteiger charge is 2.38. The summed E-state index contributed by atoms with van der Waals surface area (Å²) < 4.78 is 5.41. The van der Waals surface area contributed by atoms with Crippen LogP contribution in [-0.2, 0) is 4.74 Å². The average molecular weight is 234 g/mol. The van der Waals surface area contributed by atoms with Gasteiger partial charge in [-0.25, -0.2) is 9.78 Å². The Morgan fingerprint density at radius 3 is 2.76 bits per heavy atom. The molecule has 1 N–H and O–H groups in total. The number of nitrogens with zero attached hydrogens (tertiary/aromatic N) is 2. The number of pyridine rings is 1. The molecule has 0 spiro atoms. The van der Waals surface area contributed by atoms with Gasteiger partial charge in [-0.3, -0.25) is 0 Å². The van der Waals surface area contributed by atoms with Crippen LogP contribution in [0.2, 0.25) is 0 Å². The van der Waals surface area contributed by atoms with Gasteiger partial charge in [-0.15, -0.1) is 0 Å². The van der Waals surface area contributed by atoms with Crippen molar-refractivity contribution < 1.29 is 14.6 Å².